The lowest BCUT2D eigenvalue weighted by atomic mass is 10.1. The van der Waals surface area contributed by atoms with Crippen LogP contribution in [0.15, 0.2) is 29.3 Å². The van der Waals surface area contributed by atoms with Crippen LogP contribution < -0.4 is 20.1 Å². The third-order valence-corrected chi connectivity index (χ3v) is 2.94. The van der Waals surface area contributed by atoms with Crippen LogP contribution in [0.5, 0.6) is 11.5 Å². The molecule has 0 fully saturated rings. The van der Waals surface area contributed by atoms with E-state index in [1.54, 1.807) is 14.2 Å². The Labute approximate surface area is 150 Å². The van der Waals surface area contributed by atoms with E-state index in [0.717, 1.165) is 30.4 Å². The second kappa shape index (κ2) is 12.4. The van der Waals surface area contributed by atoms with Crippen molar-refractivity contribution in [1.82, 2.24) is 10.6 Å². The van der Waals surface area contributed by atoms with Gasteiger partial charge in [0.15, 0.2) is 5.96 Å². The van der Waals surface area contributed by atoms with E-state index in [9.17, 15) is 0 Å². The molecule has 0 unspecified atom stereocenters. The number of hydrogen-bond acceptors (Lipinski definition) is 3. The standard InChI is InChI=1S/C16H27N3O2.HI/c1-13(2)8-9-18-16(17-3)19-10-11-21-15-7-5-6-14(12-15)20-4;/h5-7,12-13H,8-11H2,1-4H3,(H2,17,18,19);1H. The van der Waals surface area contributed by atoms with Gasteiger partial charge in [0.05, 0.1) is 13.7 Å². The SMILES string of the molecule is CN=C(NCCOc1cccc(OC)c1)NCCC(C)C.I. The number of rotatable bonds is 8. The molecule has 0 aromatic heterocycles. The van der Waals surface area contributed by atoms with Gasteiger partial charge in [-0.15, -0.1) is 24.0 Å². The van der Waals surface area contributed by atoms with Gasteiger partial charge in [0.2, 0.25) is 0 Å². The zero-order valence-electron chi connectivity index (χ0n) is 13.9. The Bertz CT molecular complexity index is 439. The lowest BCUT2D eigenvalue weighted by molar-refractivity contribution is 0.319. The summed E-state index contributed by atoms with van der Waals surface area (Å²) in [6, 6.07) is 7.59. The van der Waals surface area contributed by atoms with Crippen LogP contribution in [0.1, 0.15) is 20.3 Å². The number of benzene rings is 1. The van der Waals surface area contributed by atoms with Crippen LogP contribution in [0.2, 0.25) is 0 Å². The molecule has 0 aliphatic heterocycles. The first kappa shape index (κ1) is 20.8. The minimum Gasteiger partial charge on any atom is -0.497 e. The van der Waals surface area contributed by atoms with Crippen LogP contribution in [0.4, 0.5) is 0 Å². The summed E-state index contributed by atoms with van der Waals surface area (Å²) in [5.74, 6) is 3.10. The largest absolute Gasteiger partial charge is 0.497 e. The number of aliphatic imine (C=N–C) groups is 1. The summed E-state index contributed by atoms with van der Waals surface area (Å²) in [5, 5.41) is 6.51. The normalized spacial score (nSPS) is 10.9. The van der Waals surface area contributed by atoms with Crippen molar-refractivity contribution >= 4 is 29.9 Å². The van der Waals surface area contributed by atoms with Crippen LogP contribution in [0, 0.1) is 5.92 Å². The first-order chi connectivity index (χ1) is 10.2. The molecule has 0 radical (unpaired) electrons. The van der Waals surface area contributed by atoms with E-state index in [1.165, 1.54) is 0 Å². The Morgan fingerprint density at radius 3 is 2.50 bits per heavy atom. The summed E-state index contributed by atoms with van der Waals surface area (Å²) in [4.78, 5) is 4.18. The summed E-state index contributed by atoms with van der Waals surface area (Å²) >= 11 is 0. The van der Waals surface area contributed by atoms with E-state index in [2.05, 4.69) is 29.5 Å². The van der Waals surface area contributed by atoms with Crippen molar-refractivity contribution in [2.75, 3.05) is 33.9 Å². The van der Waals surface area contributed by atoms with Crippen LogP contribution >= 0.6 is 24.0 Å². The highest BCUT2D eigenvalue weighted by Gasteiger charge is 1.99. The number of nitrogens with one attached hydrogen (secondary N) is 2. The van der Waals surface area contributed by atoms with Crippen LogP contribution in [-0.4, -0.2) is 39.8 Å². The molecule has 0 aliphatic rings. The van der Waals surface area contributed by atoms with Gasteiger partial charge < -0.3 is 20.1 Å². The maximum absolute atomic E-state index is 5.66. The van der Waals surface area contributed by atoms with Gasteiger partial charge in [-0.05, 0) is 24.5 Å². The van der Waals surface area contributed by atoms with Gasteiger partial charge >= 0.3 is 0 Å². The minimum absolute atomic E-state index is 0. The maximum Gasteiger partial charge on any atom is 0.191 e. The first-order valence-corrected chi connectivity index (χ1v) is 7.37. The molecular weight excluding hydrogens is 393 g/mol. The van der Waals surface area contributed by atoms with Gasteiger partial charge in [0, 0.05) is 19.7 Å². The van der Waals surface area contributed by atoms with Crippen molar-refractivity contribution in [3.8, 4) is 11.5 Å². The number of hydrogen-bond donors (Lipinski definition) is 2. The zero-order chi connectivity index (χ0) is 15.5. The predicted molar refractivity (Wildman–Crippen MR) is 103 cm³/mol. The molecule has 22 heavy (non-hydrogen) atoms. The van der Waals surface area contributed by atoms with Crippen molar-refractivity contribution in [2.45, 2.75) is 20.3 Å². The number of nitrogens with zero attached hydrogens (tertiary/aromatic N) is 1. The number of ether oxygens (including phenoxy) is 2. The van der Waals surface area contributed by atoms with Crippen LogP contribution in [0.25, 0.3) is 0 Å². The topological polar surface area (TPSA) is 54.9 Å². The fourth-order valence-electron chi connectivity index (χ4n) is 1.73. The van der Waals surface area contributed by atoms with Gasteiger partial charge in [0.25, 0.3) is 0 Å². The van der Waals surface area contributed by atoms with Gasteiger partial charge in [-0.1, -0.05) is 19.9 Å². The molecule has 0 bridgehead atoms. The van der Waals surface area contributed by atoms with Crippen LogP contribution in [0.3, 0.4) is 0 Å². The molecule has 0 saturated carbocycles. The molecule has 1 rings (SSSR count). The summed E-state index contributed by atoms with van der Waals surface area (Å²) in [6.07, 6.45) is 1.13. The molecule has 2 N–H and O–H groups in total. The molecule has 0 amide bonds. The van der Waals surface area contributed by atoms with E-state index in [-0.39, 0.29) is 24.0 Å². The van der Waals surface area contributed by atoms with Gasteiger partial charge in [0.1, 0.15) is 18.1 Å². The fraction of sp³-hybridized carbons (Fsp3) is 0.562. The Balaban J connectivity index is 0.00000441. The molecule has 126 valence electrons. The zero-order valence-corrected chi connectivity index (χ0v) is 16.2. The fourth-order valence-corrected chi connectivity index (χ4v) is 1.73. The molecule has 0 heterocycles. The molecule has 6 heteroatoms. The Hall–Kier alpha value is -1.18. The number of guanidine groups is 1. The van der Waals surface area contributed by atoms with Crippen molar-refractivity contribution in [2.24, 2.45) is 10.9 Å². The Morgan fingerprint density at radius 1 is 1.18 bits per heavy atom. The highest BCUT2D eigenvalue weighted by Crippen LogP contribution is 2.18. The summed E-state index contributed by atoms with van der Waals surface area (Å²) in [5.41, 5.74) is 0. The second-order valence-corrected chi connectivity index (χ2v) is 5.14. The average Bonchev–Trinajstić information content (AvgIpc) is 2.49. The monoisotopic (exact) mass is 421 g/mol. The number of methoxy groups -OCH3 is 1. The molecule has 0 spiro atoms. The Kier molecular flexibility index (Phi) is 11.7. The van der Waals surface area contributed by atoms with Gasteiger partial charge in [-0.2, -0.15) is 0 Å². The van der Waals surface area contributed by atoms with E-state index in [1.807, 2.05) is 24.3 Å². The van der Waals surface area contributed by atoms with Crippen molar-refractivity contribution in [1.29, 1.82) is 0 Å². The lowest BCUT2D eigenvalue weighted by Crippen LogP contribution is -2.39. The molecule has 0 saturated heterocycles. The third kappa shape index (κ3) is 8.96. The van der Waals surface area contributed by atoms with E-state index in [0.29, 0.717) is 19.1 Å². The highest BCUT2D eigenvalue weighted by molar-refractivity contribution is 14.0. The first-order valence-electron chi connectivity index (χ1n) is 7.37. The van der Waals surface area contributed by atoms with Crippen molar-refractivity contribution < 1.29 is 9.47 Å². The van der Waals surface area contributed by atoms with Crippen LogP contribution in [-0.2, 0) is 0 Å². The predicted octanol–water partition coefficient (Wildman–Crippen LogP) is 2.90. The number of halogens is 1. The van der Waals surface area contributed by atoms with Crippen molar-refractivity contribution in [3.63, 3.8) is 0 Å². The lowest BCUT2D eigenvalue weighted by Gasteiger charge is -2.13. The molecule has 0 aliphatic carbocycles. The molecule has 0 atom stereocenters. The smallest absolute Gasteiger partial charge is 0.191 e. The van der Waals surface area contributed by atoms with E-state index < -0.39 is 0 Å². The quantitative estimate of drug-likeness (QED) is 0.293. The highest BCUT2D eigenvalue weighted by atomic mass is 127. The van der Waals surface area contributed by atoms with Gasteiger partial charge in [-0.25, -0.2) is 0 Å². The Morgan fingerprint density at radius 2 is 1.86 bits per heavy atom. The third-order valence-electron chi connectivity index (χ3n) is 2.94. The van der Waals surface area contributed by atoms with E-state index in [4.69, 9.17) is 9.47 Å². The molecule has 1 aromatic carbocycles. The molecule has 1 aromatic rings. The average molecular weight is 421 g/mol. The van der Waals surface area contributed by atoms with Crippen molar-refractivity contribution in [3.05, 3.63) is 24.3 Å². The maximum atomic E-state index is 5.66. The van der Waals surface area contributed by atoms with E-state index >= 15 is 0 Å². The van der Waals surface area contributed by atoms with Gasteiger partial charge in [-0.3, -0.25) is 4.99 Å². The second-order valence-electron chi connectivity index (χ2n) is 5.14. The minimum atomic E-state index is 0. The summed E-state index contributed by atoms with van der Waals surface area (Å²) in [7, 11) is 3.42. The summed E-state index contributed by atoms with van der Waals surface area (Å²) in [6.45, 7) is 6.60. The molecular formula is C16H28IN3O2. The molecule has 5 nitrogen and oxygen atoms in total. The summed E-state index contributed by atoms with van der Waals surface area (Å²) < 4.78 is 10.8.